The van der Waals surface area contributed by atoms with Crippen LogP contribution < -0.4 is 5.32 Å². The molecule has 0 saturated heterocycles. The Kier molecular flexibility index (Phi) is 4.62. The van der Waals surface area contributed by atoms with Crippen LogP contribution in [-0.4, -0.2) is 36.6 Å². The van der Waals surface area contributed by atoms with Crippen LogP contribution in [0.2, 0.25) is 0 Å². The van der Waals surface area contributed by atoms with Crippen molar-refractivity contribution < 1.29 is 4.79 Å². The van der Waals surface area contributed by atoms with E-state index in [4.69, 9.17) is 0 Å². The molecule has 0 fully saturated rings. The zero-order valence-corrected chi connectivity index (χ0v) is 13.4. The molecule has 21 heavy (non-hydrogen) atoms. The average molecular weight is 305 g/mol. The second kappa shape index (κ2) is 6.26. The summed E-state index contributed by atoms with van der Waals surface area (Å²) in [5, 5.41) is 14.3. The first-order valence-corrected chi connectivity index (χ1v) is 7.63. The Hall–Kier alpha value is -1.89. The highest BCUT2D eigenvalue weighted by Gasteiger charge is 2.13. The Morgan fingerprint density at radius 3 is 2.76 bits per heavy atom. The number of hydrogen-bond acceptors (Lipinski definition) is 5. The molecular formula is C14H19N5OS. The van der Waals surface area contributed by atoms with E-state index in [0.29, 0.717) is 11.6 Å². The minimum atomic E-state index is -0.0134. The molecule has 2 aromatic rings. The number of aryl methyl sites for hydroxylation is 1. The smallest absolute Gasteiger partial charge is 0.234 e. The van der Waals surface area contributed by atoms with E-state index in [2.05, 4.69) is 41.6 Å². The molecule has 7 heteroatoms. The number of carbonyl (C=O) groups is 1. The van der Waals surface area contributed by atoms with E-state index in [1.165, 1.54) is 0 Å². The SMILES string of the molecule is Cc1nnnn1-c1cccc(NC(=O)CSC(C)(C)C)c1. The van der Waals surface area contributed by atoms with Crippen LogP contribution in [0.15, 0.2) is 24.3 Å². The Balaban J connectivity index is 2.05. The predicted molar refractivity (Wildman–Crippen MR) is 84.7 cm³/mol. The molecule has 112 valence electrons. The van der Waals surface area contributed by atoms with Gasteiger partial charge >= 0.3 is 0 Å². The van der Waals surface area contributed by atoms with Crippen molar-refractivity contribution in [1.29, 1.82) is 0 Å². The monoisotopic (exact) mass is 305 g/mol. The molecule has 0 aliphatic rings. The quantitative estimate of drug-likeness (QED) is 0.939. The number of nitrogens with one attached hydrogen (secondary N) is 1. The first kappa shape index (κ1) is 15.5. The van der Waals surface area contributed by atoms with Gasteiger partial charge in [-0.25, -0.2) is 0 Å². The lowest BCUT2D eigenvalue weighted by Crippen LogP contribution is -2.19. The molecule has 0 atom stereocenters. The largest absolute Gasteiger partial charge is 0.325 e. The number of hydrogen-bond donors (Lipinski definition) is 1. The minimum absolute atomic E-state index is 0.0134. The van der Waals surface area contributed by atoms with E-state index >= 15 is 0 Å². The van der Waals surface area contributed by atoms with E-state index in [1.54, 1.807) is 16.4 Å². The van der Waals surface area contributed by atoms with Gasteiger partial charge in [0.2, 0.25) is 5.91 Å². The topological polar surface area (TPSA) is 72.7 Å². The van der Waals surface area contributed by atoms with Crippen molar-refractivity contribution in [2.24, 2.45) is 0 Å². The zero-order chi connectivity index (χ0) is 15.5. The van der Waals surface area contributed by atoms with E-state index < -0.39 is 0 Å². The molecule has 0 aliphatic carbocycles. The molecular weight excluding hydrogens is 286 g/mol. The van der Waals surface area contributed by atoms with Crippen molar-refractivity contribution in [2.75, 3.05) is 11.1 Å². The normalized spacial score (nSPS) is 11.4. The number of thioether (sulfide) groups is 1. The van der Waals surface area contributed by atoms with Gasteiger partial charge in [0.05, 0.1) is 11.4 Å². The van der Waals surface area contributed by atoms with Crippen LogP contribution >= 0.6 is 11.8 Å². The first-order valence-electron chi connectivity index (χ1n) is 6.64. The van der Waals surface area contributed by atoms with Gasteiger partial charge in [-0.15, -0.1) is 16.9 Å². The lowest BCUT2D eigenvalue weighted by Gasteiger charge is -2.17. The molecule has 1 amide bonds. The maximum absolute atomic E-state index is 11.9. The fourth-order valence-corrected chi connectivity index (χ4v) is 2.30. The summed E-state index contributed by atoms with van der Waals surface area (Å²) >= 11 is 1.62. The van der Waals surface area contributed by atoms with Crippen molar-refractivity contribution in [3.05, 3.63) is 30.1 Å². The highest BCUT2D eigenvalue weighted by molar-refractivity contribution is 8.01. The molecule has 0 spiro atoms. The molecule has 0 saturated carbocycles. The average Bonchev–Trinajstić information content (AvgIpc) is 2.82. The van der Waals surface area contributed by atoms with Crippen LogP contribution in [0.5, 0.6) is 0 Å². The molecule has 6 nitrogen and oxygen atoms in total. The summed E-state index contributed by atoms with van der Waals surface area (Å²) in [4.78, 5) is 11.9. The predicted octanol–water partition coefficient (Wildman–Crippen LogP) is 2.44. The number of nitrogens with zero attached hydrogens (tertiary/aromatic N) is 4. The van der Waals surface area contributed by atoms with Crippen molar-refractivity contribution in [2.45, 2.75) is 32.4 Å². The van der Waals surface area contributed by atoms with E-state index in [0.717, 1.165) is 11.4 Å². The molecule has 1 N–H and O–H groups in total. The second-order valence-electron chi connectivity index (χ2n) is 5.64. The highest BCUT2D eigenvalue weighted by atomic mass is 32.2. The van der Waals surface area contributed by atoms with Crippen molar-refractivity contribution in [3.63, 3.8) is 0 Å². The molecule has 0 aliphatic heterocycles. The number of amides is 1. The Morgan fingerprint density at radius 2 is 2.14 bits per heavy atom. The molecule has 0 unspecified atom stereocenters. The third-order valence-electron chi connectivity index (χ3n) is 2.64. The Bertz CT molecular complexity index is 632. The van der Waals surface area contributed by atoms with Gasteiger partial charge in [0, 0.05) is 10.4 Å². The number of aromatic nitrogens is 4. The van der Waals surface area contributed by atoms with Crippen LogP contribution in [0.4, 0.5) is 5.69 Å². The van der Waals surface area contributed by atoms with Gasteiger partial charge in [-0.1, -0.05) is 26.8 Å². The zero-order valence-electron chi connectivity index (χ0n) is 12.6. The molecule has 2 rings (SSSR count). The van der Waals surface area contributed by atoms with Crippen LogP contribution in [0.25, 0.3) is 5.69 Å². The van der Waals surface area contributed by atoms with E-state index in [-0.39, 0.29) is 10.7 Å². The van der Waals surface area contributed by atoms with Gasteiger partial charge in [0.25, 0.3) is 0 Å². The Morgan fingerprint density at radius 1 is 1.38 bits per heavy atom. The fraction of sp³-hybridized carbons (Fsp3) is 0.429. The number of carbonyl (C=O) groups excluding carboxylic acids is 1. The second-order valence-corrected chi connectivity index (χ2v) is 7.44. The van der Waals surface area contributed by atoms with Crippen LogP contribution in [-0.2, 0) is 4.79 Å². The van der Waals surface area contributed by atoms with Crippen molar-refractivity contribution >= 4 is 23.4 Å². The van der Waals surface area contributed by atoms with Gasteiger partial charge in [-0.3, -0.25) is 4.79 Å². The van der Waals surface area contributed by atoms with Gasteiger partial charge in [-0.05, 0) is 35.5 Å². The van der Waals surface area contributed by atoms with Crippen LogP contribution in [0.1, 0.15) is 26.6 Å². The first-order chi connectivity index (χ1) is 9.85. The minimum Gasteiger partial charge on any atom is -0.325 e. The molecule has 1 aromatic heterocycles. The number of benzene rings is 1. The lowest BCUT2D eigenvalue weighted by molar-refractivity contribution is -0.113. The maximum Gasteiger partial charge on any atom is 0.234 e. The third kappa shape index (κ3) is 4.56. The van der Waals surface area contributed by atoms with Crippen LogP contribution in [0, 0.1) is 6.92 Å². The van der Waals surface area contributed by atoms with Gasteiger partial charge in [0.15, 0.2) is 5.82 Å². The van der Waals surface area contributed by atoms with E-state index in [9.17, 15) is 4.79 Å². The van der Waals surface area contributed by atoms with Crippen molar-refractivity contribution in [1.82, 2.24) is 20.2 Å². The summed E-state index contributed by atoms with van der Waals surface area (Å²) in [6, 6.07) is 7.46. The van der Waals surface area contributed by atoms with Crippen LogP contribution in [0.3, 0.4) is 0 Å². The van der Waals surface area contributed by atoms with Gasteiger partial charge in [-0.2, -0.15) is 4.68 Å². The molecule has 1 aromatic carbocycles. The van der Waals surface area contributed by atoms with Crippen molar-refractivity contribution in [3.8, 4) is 5.69 Å². The number of tetrazole rings is 1. The summed E-state index contributed by atoms with van der Waals surface area (Å²) in [5.74, 6) is 1.11. The lowest BCUT2D eigenvalue weighted by atomic mass is 10.2. The summed E-state index contributed by atoms with van der Waals surface area (Å²) in [5.41, 5.74) is 1.56. The standard InChI is InChI=1S/C14H19N5OS/c1-10-16-17-18-19(10)12-7-5-6-11(8-12)15-13(20)9-21-14(2,3)4/h5-8H,9H2,1-4H3,(H,15,20). The number of rotatable bonds is 4. The van der Waals surface area contributed by atoms with Gasteiger partial charge in [0.1, 0.15) is 0 Å². The summed E-state index contributed by atoms with van der Waals surface area (Å²) in [6.45, 7) is 8.09. The third-order valence-corrected chi connectivity index (χ3v) is 3.91. The molecule has 0 bridgehead atoms. The summed E-state index contributed by atoms with van der Waals surface area (Å²) in [6.07, 6.45) is 0. The fourth-order valence-electron chi connectivity index (χ4n) is 1.66. The summed E-state index contributed by atoms with van der Waals surface area (Å²) < 4.78 is 1.70. The summed E-state index contributed by atoms with van der Waals surface area (Å²) in [7, 11) is 0. The van der Waals surface area contributed by atoms with Gasteiger partial charge < -0.3 is 5.32 Å². The molecule has 1 heterocycles. The number of anilines is 1. The Labute approximate surface area is 128 Å². The maximum atomic E-state index is 11.9. The molecule has 0 radical (unpaired) electrons. The van der Waals surface area contributed by atoms with E-state index in [1.807, 2.05) is 31.2 Å². The highest BCUT2D eigenvalue weighted by Crippen LogP contribution is 2.23.